The Hall–Kier alpha value is -7.37. The molecule has 56 heavy (non-hydrogen) atoms. The van der Waals surface area contributed by atoms with Gasteiger partial charge in [0.25, 0.3) is 0 Å². The highest BCUT2D eigenvalue weighted by Gasteiger charge is 2.23. The number of rotatable bonds is 6. The standard InChI is InChI=1S/C51H34N4O/c1-4-14-33(15-5-1)34-26-28-35(29-27-34)38-20-12-21-39(32-38)55-43-24-11-10-22-40(43)41-30-31-45-47(48(41)55)46-42(23-13-25-44(46)56-45)51-53-49(36-16-6-2-7-17-36)52-50(54-51)37-18-8-3-9-19-37/h1-12,14-22,24-32H,13,23H2. The zero-order chi connectivity index (χ0) is 37.0. The van der Waals surface area contributed by atoms with Crippen LogP contribution in [0.25, 0.3) is 95.1 Å². The molecule has 264 valence electrons. The summed E-state index contributed by atoms with van der Waals surface area (Å²) in [6, 6.07) is 61.6. The van der Waals surface area contributed by atoms with E-state index in [-0.39, 0.29) is 0 Å². The highest BCUT2D eigenvalue weighted by molar-refractivity contribution is 6.18. The van der Waals surface area contributed by atoms with Gasteiger partial charge in [-0.25, -0.2) is 15.0 Å². The topological polar surface area (TPSA) is 56.7 Å². The molecule has 1 aliphatic carbocycles. The van der Waals surface area contributed by atoms with Crippen LogP contribution in [0.15, 0.2) is 180 Å². The minimum atomic E-state index is 0.652. The maximum Gasteiger partial charge on any atom is 0.164 e. The second-order valence-electron chi connectivity index (χ2n) is 14.3. The lowest BCUT2D eigenvalue weighted by atomic mass is 9.99. The van der Waals surface area contributed by atoms with E-state index in [1.54, 1.807) is 0 Å². The van der Waals surface area contributed by atoms with Gasteiger partial charge in [-0.1, -0.05) is 146 Å². The summed E-state index contributed by atoms with van der Waals surface area (Å²) in [4.78, 5) is 15.4. The number of para-hydroxylation sites is 1. The smallest absolute Gasteiger partial charge is 0.164 e. The van der Waals surface area contributed by atoms with Gasteiger partial charge in [0.2, 0.25) is 0 Å². The minimum absolute atomic E-state index is 0.652. The summed E-state index contributed by atoms with van der Waals surface area (Å²) in [6.07, 6.45) is 3.82. The summed E-state index contributed by atoms with van der Waals surface area (Å²) < 4.78 is 9.16. The van der Waals surface area contributed by atoms with Crippen molar-refractivity contribution < 1.29 is 4.42 Å². The van der Waals surface area contributed by atoms with E-state index in [4.69, 9.17) is 19.4 Å². The van der Waals surface area contributed by atoms with Crippen molar-refractivity contribution in [1.82, 2.24) is 19.5 Å². The summed E-state index contributed by atoms with van der Waals surface area (Å²) in [6.45, 7) is 0. The quantitative estimate of drug-likeness (QED) is 0.172. The second kappa shape index (κ2) is 13.2. The molecular formula is C51H34N4O. The van der Waals surface area contributed by atoms with Crippen LogP contribution >= 0.6 is 0 Å². The molecular weight excluding hydrogens is 685 g/mol. The lowest BCUT2D eigenvalue weighted by molar-refractivity contribution is 0.571. The molecule has 0 spiro atoms. The van der Waals surface area contributed by atoms with Crippen LogP contribution in [-0.2, 0) is 0 Å². The third-order valence-electron chi connectivity index (χ3n) is 10.9. The first-order valence-electron chi connectivity index (χ1n) is 19.1. The molecule has 0 N–H and O–H groups in total. The van der Waals surface area contributed by atoms with Crippen molar-refractivity contribution in [3.8, 4) is 50.7 Å². The lowest BCUT2D eigenvalue weighted by Gasteiger charge is -2.13. The fourth-order valence-electron chi connectivity index (χ4n) is 8.32. The molecule has 5 nitrogen and oxygen atoms in total. The third kappa shape index (κ3) is 5.36. The molecule has 10 aromatic rings. The van der Waals surface area contributed by atoms with Crippen LogP contribution in [-0.4, -0.2) is 19.5 Å². The van der Waals surface area contributed by atoms with Gasteiger partial charge < -0.3 is 8.98 Å². The molecule has 7 aromatic carbocycles. The number of aromatic nitrogens is 4. The Kier molecular flexibility index (Phi) is 7.56. The van der Waals surface area contributed by atoms with Crippen molar-refractivity contribution in [1.29, 1.82) is 0 Å². The predicted octanol–water partition coefficient (Wildman–Crippen LogP) is 11.2. The zero-order valence-electron chi connectivity index (χ0n) is 30.4. The molecule has 0 aliphatic heterocycles. The first kappa shape index (κ1) is 32.1. The molecule has 0 saturated heterocycles. The number of fused-ring (bicyclic) bond motifs is 7. The summed E-state index contributed by atoms with van der Waals surface area (Å²) >= 11 is 0. The van der Waals surface area contributed by atoms with Gasteiger partial charge in [0.05, 0.1) is 16.4 Å². The minimum Gasteiger partial charge on any atom is -0.456 e. The van der Waals surface area contributed by atoms with Gasteiger partial charge >= 0.3 is 0 Å². The fraction of sp³-hybridized carbons (Fsp3) is 0.0392. The van der Waals surface area contributed by atoms with Gasteiger partial charge in [-0.05, 0) is 71.5 Å². The van der Waals surface area contributed by atoms with E-state index in [9.17, 15) is 0 Å². The van der Waals surface area contributed by atoms with Crippen molar-refractivity contribution in [2.75, 3.05) is 0 Å². The van der Waals surface area contributed by atoms with Crippen molar-refractivity contribution >= 4 is 44.4 Å². The largest absolute Gasteiger partial charge is 0.456 e. The second-order valence-corrected chi connectivity index (χ2v) is 14.3. The highest BCUT2D eigenvalue weighted by Crippen LogP contribution is 2.37. The van der Waals surface area contributed by atoms with Crippen LogP contribution in [0.1, 0.15) is 18.7 Å². The molecule has 0 fully saturated rings. The summed E-state index contributed by atoms with van der Waals surface area (Å²) in [5, 5.41) is 4.49. The van der Waals surface area contributed by atoms with Crippen molar-refractivity contribution in [2.24, 2.45) is 0 Å². The summed E-state index contributed by atoms with van der Waals surface area (Å²) in [5.41, 5.74) is 12.7. The first-order valence-corrected chi connectivity index (χ1v) is 19.1. The molecule has 5 heteroatoms. The maximum atomic E-state index is 6.75. The number of benzene rings is 7. The number of hydrogen-bond donors (Lipinski definition) is 0. The average molecular weight is 719 g/mol. The van der Waals surface area contributed by atoms with Crippen molar-refractivity contribution in [3.05, 3.63) is 192 Å². The summed E-state index contributed by atoms with van der Waals surface area (Å²) in [5.74, 6) is 1.98. The molecule has 11 rings (SSSR count). The Morgan fingerprint density at radius 3 is 1.73 bits per heavy atom. The molecule has 0 bridgehead atoms. The normalized spacial score (nSPS) is 12.6. The molecule has 0 amide bonds. The van der Waals surface area contributed by atoms with Crippen molar-refractivity contribution in [3.63, 3.8) is 0 Å². The van der Waals surface area contributed by atoms with Gasteiger partial charge in [0, 0.05) is 38.4 Å². The van der Waals surface area contributed by atoms with E-state index in [1.165, 1.54) is 27.5 Å². The summed E-state index contributed by atoms with van der Waals surface area (Å²) in [7, 11) is 0. The van der Waals surface area contributed by atoms with Crippen LogP contribution in [0, 0.1) is 0 Å². The van der Waals surface area contributed by atoms with Gasteiger partial charge in [0.1, 0.15) is 11.0 Å². The molecule has 0 saturated carbocycles. The Bertz CT molecular complexity index is 3160. The molecule has 1 aliphatic rings. The first-order chi connectivity index (χ1) is 27.8. The average Bonchev–Trinajstić information content (AvgIpc) is 3.83. The molecule has 0 unspecified atom stereocenters. The van der Waals surface area contributed by atoms with E-state index in [0.29, 0.717) is 17.5 Å². The number of nitrogens with zero attached hydrogens (tertiary/aromatic N) is 4. The van der Waals surface area contributed by atoms with Crippen LogP contribution in [0.4, 0.5) is 0 Å². The van der Waals surface area contributed by atoms with Gasteiger partial charge in [-0.15, -0.1) is 0 Å². The number of furan rings is 1. The van der Waals surface area contributed by atoms with E-state index >= 15 is 0 Å². The Labute approximate surface area is 323 Å². The fourth-order valence-corrected chi connectivity index (χ4v) is 8.32. The predicted molar refractivity (Wildman–Crippen MR) is 228 cm³/mol. The Morgan fingerprint density at radius 1 is 0.464 bits per heavy atom. The van der Waals surface area contributed by atoms with E-state index in [0.717, 1.165) is 73.4 Å². The Morgan fingerprint density at radius 2 is 1.04 bits per heavy atom. The SMILES string of the molecule is C1=c2oc3ccc4c5ccccc5n(-c5cccc(-c6ccc(-c7ccccc7)cc6)c5)c4c3c2=C(c2nc(-c3ccccc3)nc(-c3ccccc3)n2)CC1. The van der Waals surface area contributed by atoms with Crippen LogP contribution in [0.2, 0.25) is 0 Å². The van der Waals surface area contributed by atoms with Crippen LogP contribution in [0.3, 0.4) is 0 Å². The molecule has 0 radical (unpaired) electrons. The van der Waals surface area contributed by atoms with Crippen molar-refractivity contribution in [2.45, 2.75) is 12.8 Å². The van der Waals surface area contributed by atoms with E-state index in [2.05, 4.69) is 150 Å². The molecule has 3 aromatic heterocycles. The highest BCUT2D eigenvalue weighted by atomic mass is 16.3. The van der Waals surface area contributed by atoms with E-state index in [1.807, 2.05) is 36.4 Å². The lowest BCUT2D eigenvalue weighted by Crippen LogP contribution is -2.28. The van der Waals surface area contributed by atoms with Gasteiger partial charge in [-0.2, -0.15) is 0 Å². The van der Waals surface area contributed by atoms with Crippen LogP contribution < -0.4 is 10.6 Å². The van der Waals surface area contributed by atoms with Gasteiger partial charge in [-0.3, -0.25) is 0 Å². The maximum absolute atomic E-state index is 6.75. The van der Waals surface area contributed by atoms with Gasteiger partial charge in [0.15, 0.2) is 17.5 Å². The monoisotopic (exact) mass is 718 g/mol. The number of hydrogen-bond acceptors (Lipinski definition) is 4. The van der Waals surface area contributed by atoms with E-state index < -0.39 is 0 Å². The zero-order valence-corrected chi connectivity index (χ0v) is 30.4. The van der Waals surface area contributed by atoms with Crippen LogP contribution in [0.5, 0.6) is 0 Å². The molecule has 0 atom stereocenters. The third-order valence-corrected chi connectivity index (χ3v) is 10.9. The Balaban J connectivity index is 1.17. The molecule has 3 heterocycles.